The number of furan rings is 1. The van der Waals surface area contributed by atoms with E-state index < -0.39 is 0 Å². The minimum Gasteiger partial charge on any atom is -0.468 e. The van der Waals surface area contributed by atoms with Crippen LogP contribution < -0.4 is 21.5 Å². The summed E-state index contributed by atoms with van der Waals surface area (Å²) in [5.41, 5.74) is 11.8. The Balaban J connectivity index is 1.53. The largest absolute Gasteiger partial charge is 0.468 e. The normalized spacial score (nSPS) is 13.4. The minimum absolute atomic E-state index is 0.0269. The third kappa shape index (κ3) is 2.12. The van der Waals surface area contributed by atoms with Crippen LogP contribution in [0.3, 0.4) is 0 Å². The molecule has 0 fully saturated rings. The third-order valence-electron chi connectivity index (χ3n) is 7.97. The van der Waals surface area contributed by atoms with Gasteiger partial charge in [-0.3, -0.25) is 0 Å². The van der Waals surface area contributed by atoms with Crippen molar-refractivity contribution >= 4 is 73.1 Å². The molecule has 9 rings (SSSR count). The minimum atomic E-state index is 0.0269. The van der Waals surface area contributed by atoms with Crippen molar-refractivity contribution in [2.45, 2.75) is 0 Å². The summed E-state index contributed by atoms with van der Waals surface area (Å²) in [4.78, 5) is 2.41. The number of rotatable bonds is 1. The number of hydrogen-bond acceptors (Lipinski definition) is 2. The van der Waals surface area contributed by atoms with Gasteiger partial charge in [-0.05, 0) is 53.4 Å². The average molecular weight is 458 g/mol. The summed E-state index contributed by atoms with van der Waals surface area (Å²) in [7, 11) is 0. The molecule has 2 aromatic heterocycles. The van der Waals surface area contributed by atoms with Crippen molar-refractivity contribution in [3.63, 3.8) is 0 Å². The van der Waals surface area contributed by atoms with Crippen LogP contribution in [0.25, 0.3) is 38.5 Å². The lowest BCUT2D eigenvalue weighted by atomic mass is 9.36. The highest BCUT2D eigenvalue weighted by atomic mass is 16.3. The van der Waals surface area contributed by atoms with Crippen molar-refractivity contribution < 1.29 is 4.42 Å². The maximum Gasteiger partial charge on any atom is 0.297 e. The van der Waals surface area contributed by atoms with Gasteiger partial charge >= 0.3 is 0 Å². The van der Waals surface area contributed by atoms with Gasteiger partial charge in [0.15, 0.2) is 0 Å². The van der Waals surface area contributed by atoms with Gasteiger partial charge in [-0.2, -0.15) is 0 Å². The van der Waals surface area contributed by atoms with Crippen LogP contribution >= 0.6 is 0 Å². The Kier molecular flexibility index (Phi) is 3.36. The zero-order valence-corrected chi connectivity index (χ0v) is 19.3. The fourth-order valence-corrected chi connectivity index (χ4v) is 6.61. The number of fused-ring (bicyclic) bond motifs is 10. The van der Waals surface area contributed by atoms with Crippen LogP contribution in [0.2, 0.25) is 0 Å². The van der Waals surface area contributed by atoms with E-state index in [1.165, 1.54) is 44.1 Å². The van der Waals surface area contributed by atoms with Gasteiger partial charge in [0.05, 0.1) is 22.4 Å². The molecule has 0 saturated heterocycles. The maximum atomic E-state index is 6.76. The summed E-state index contributed by atoms with van der Waals surface area (Å²) in [5.74, 6) is 0. The van der Waals surface area contributed by atoms with Crippen LogP contribution in [0, 0.1) is 0 Å². The molecule has 2 aliphatic heterocycles. The van der Waals surface area contributed by atoms with Crippen LogP contribution in [0.4, 0.5) is 17.1 Å². The standard InChI is InChI=1S/C32H19BN2O/c1-2-10-20(11-3-1)34-27-19-18-22-21-12-4-7-15-25(21)35-26-16-8-6-14-24(26)33(29(27)30(22)35)32-31(34)23-13-5-9-17-28(23)36-32/h1-19H. The van der Waals surface area contributed by atoms with Crippen LogP contribution in [0.1, 0.15) is 0 Å². The van der Waals surface area contributed by atoms with Gasteiger partial charge in [-0.25, -0.2) is 0 Å². The monoisotopic (exact) mass is 458 g/mol. The molecule has 4 heterocycles. The Morgan fingerprint density at radius 3 is 2.25 bits per heavy atom. The summed E-state index contributed by atoms with van der Waals surface area (Å²) in [6, 6.07) is 41.3. The molecule has 7 aromatic rings. The lowest BCUT2D eigenvalue weighted by Crippen LogP contribution is -2.59. The molecule has 36 heavy (non-hydrogen) atoms. The second-order valence-corrected chi connectivity index (χ2v) is 9.72. The van der Waals surface area contributed by atoms with Crippen LogP contribution in [-0.2, 0) is 0 Å². The number of hydrogen-bond donors (Lipinski definition) is 0. The lowest BCUT2D eigenvalue weighted by molar-refractivity contribution is 0.651. The summed E-state index contributed by atoms with van der Waals surface area (Å²) in [5, 5.41) is 3.72. The van der Waals surface area contributed by atoms with Crippen molar-refractivity contribution in [2.75, 3.05) is 4.90 Å². The number of benzene rings is 5. The molecule has 5 aromatic carbocycles. The predicted molar refractivity (Wildman–Crippen MR) is 150 cm³/mol. The Bertz CT molecular complexity index is 2020. The summed E-state index contributed by atoms with van der Waals surface area (Å²) < 4.78 is 9.23. The van der Waals surface area contributed by atoms with Gasteiger partial charge < -0.3 is 13.9 Å². The highest BCUT2D eigenvalue weighted by molar-refractivity contribution is 7.00. The number of nitrogens with zero attached hydrogens (tertiary/aromatic N) is 2. The molecule has 4 heteroatoms. The smallest absolute Gasteiger partial charge is 0.297 e. The molecule has 0 aliphatic carbocycles. The fourth-order valence-electron chi connectivity index (χ4n) is 6.61. The van der Waals surface area contributed by atoms with Gasteiger partial charge in [-0.1, -0.05) is 72.8 Å². The first kappa shape index (κ1) is 18.6. The van der Waals surface area contributed by atoms with Gasteiger partial charge in [-0.15, -0.1) is 0 Å². The van der Waals surface area contributed by atoms with Crippen LogP contribution in [0.5, 0.6) is 0 Å². The quantitative estimate of drug-likeness (QED) is 0.276. The average Bonchev–Trinajstić information content (AvgIpc) is 3.49. The van der Waals surface area contributed by atoms with Crippen molar-refractivity contribution in [1.29, 1.82) is 0 Å². The second kappa shape index (κ2) is 6.49. The third-order valence-corrected chi connectivity index (χ3v) is 7.97. The van der Waals surface area contributed by atoms with Crippen LogP contribution in [0.15, 0.2) is 120 Å². The highest BCUT2D eigenvalue weighted by Crippen LogP contribution is 2.44. The zero-order chi connectivity index (χ0) is 23.4. The van der Waals surface area contributed by atoms with E-state index in [-0.39, 0.29) is 6.71 Å². The molecule has 0 saturated carbocycles. The summed E-state index contributed by atoms with van der Waals surface area (Å²) in [6.45, 7) is 0.0269. The molecule has 0 bridgehead atoms. The molecule has 0 unspecified atom stereocenters. The van der Waals surface area contributed by atoms with E-state index in [0.717, 1.165) is 28.0 Å². The van der Waals surface area contributed by atoms with E-state index in [9.17, 15) is 0 Å². The first-order chi connectivity index (χ1) is 17.9. The van der Waals surface area contributed by atoms with E-state index in [0.29, 0.717) is 0 Å². The van der Waals surface area contributed by atoms with Crippen LogP contribution in [-0.4, -0.2) is 11.3 Å². The Labute approximate surface area is 207 Å². The highest BCUT2D eigenvalue weighted by Gasteiger charge is 2.45. The number of para-hydroxylation sites is 4. The SMILES string of the molecule is c1ccc(N2c3ccc4c5ccccc5n5c4c3B(c3ccccc3-5)c3oc4ccccc4c32)cc1. The fraction of sp³-hybridized carbons (Fsp3) is 0. The van der Waals surface area contributed by atoms with E-state index in [1.807, 2.05) is 0 Å². The van der Waals surface area contributed by atoms with Gasteiger partial charge in [0.25, 0.3) is 6.71 Å². The molecule has 0 amide bonds. The molecule has 2 aliphatic rings. The molecular formula is C32H19BN2O. The summed E-state index contributed by atoms with van der Waals surface area (Å²) in [6.07, 6.45) is 0. The van der Waals surface area contributed by atoms with Crippen molar-refractivity contribution in [2.24, 2.45) is 0 Å². The van der Waals surface area contributed by atoms with Gasteiger partial charge in [0.2, 0.25) is 0 Å². The molecule has 166 valence electrons. The van der Waals surface area contributed by atoms with Crippen molar-refractivity contribution in [3.05, 3.63) is 115 Å². The Hall–Kier alpha value is -4.70. The van der Waals surface area contributed by atoms with Crippen molar-refractivity contribution in [1.82, 2.24) is 4.57 Å². The Morgan fingerprint density at radius 2 is 1.33 bits per heavy atom. The molecule has 0 atom stereocenters. The lowest BCUT2D eigenvalue weighted by Gasteiger charge is -2.37. The first-order valence-corrected chi connectivity index (χ1v) is 12.4. The zero-order valence-electron chi connectivity index (χ0n) is 19.3. The first-order valence-electron chi connectivity index (χ1n) is 12.4. The predicted octanol–water partition coefficient (Wildman–Crippen LogP) is 6.14. The van der Waals surface area contributed by atoms with E-state index in [1.54, 1.807) is 0 Å². The van der Waals surface area contributed by atoms with E-state index in [4.69, 9.17) is 4.42 Å². The number of anilines is 3. The van der Waals surface area contributed by atoms with Crippen molar-refractivity contribution in [3.8, 4) is 5.69 Å². The van der Waals surface area contributed by atoms with Gasteiger partial charge in [0.1, 0.15) is 5.58 Å². The second-order valence-electron chi connectivity index (χ2n) is 9.72. The molecule has 0 radical (unpaired) electrons. The topological polar surface area (TPSA) is 21.3 Å². The van der Waals surface area contributed by atoms with E-state index >= 15 is 0 Å². The Morgan fingerprint density at radius 1 is 0.583 bits per heavy atom. The van der Waals surface area contributed by atoms with Gasteiger partial charge in [0, 0.05) is 33.2 Å². The molecular weight excluding hydrogens is 439 g/mol. The molecule has 3 nitrogen and oxygen atoms in total. The summed E-state index contributed by atoms with van der Waals surface area (Å²) >= 11 is 0. The molecule has 0 N–H and O–H groups in total. The number of aromatic nitrogens is 1. The molecule has 0 spiro atoms. The maximum absolute atomic E-state index is 6.76. The van der Waals surface area contributed by atoms with E-state index in [2.05, 4.69) is 125 Å².